The first kappa shape index (κ1) is 28.7. The van der Waals surface area contributed by atoms with Crippen LogP contribution in [0.3, 0.4) is 0 Å². The Morgan fingerprint density at radius 3 is 1.77 bits per heavy atom. The fraction of sp³-hybridized carbons (Fsp3) is 0.760. The van der Waals surface area contributed by atoms with Crippen LogP contribution in [0.15, 0.2) is 30.3 Å². The van der Waals surface area contributed by atoms with E-state index in [9.17, 15) is 4.57 Å². The molecule has 0 fully saturated rings. The Kier molecular flexibility index (Phi) is 17.8. The molecule has 1 aromatic rings. The van der Waals surface area contributed by atoms with Crippen LogP contribution in [0.4, 0.5) is 0 Å². The molecule has 180 valence electrons. The number of thioether (sulfide) groups is 1. The Balaban J connectivity index is 1.99. The highest BCUT2D eigenvalue weighted by molar-refractivity contribution is 7.99. The van der Waals surface area contributed by atoms with E-state index >= 15 is 0 Å². The van der Waals surface area contributed by atoms with Crippen molar-refractivity contribution in [3.8, 4) is 0 Å². The lowest BCUT2D eigenvalue weighted by atomic mass is 10.0. The van der Waals surface area contributed by atoms with Gasteiger partial charge in [-0.3, -0.25) is 4.52 Å². The van der Waals surface area contributed by atoms with E-state index in [1.165, 1.54) is 89.9 Å². The Morgan fingerprint density at radius 1 is 0.806 bits per heavy atom. The van der Waals surface area contributed by atoms with E-state index < -0.39 is 7.82 Å². The number of phosphoric acid groups is 1. The van der Waals surface area contributed by atoms with Gasteiger partial charge in [0.15, 0.2) is 0 Å². The molecule has 0 aliphatic rings. The average Bonchev–Trinajstić information content (AvgIpc) is 2.75. The molecule has 0 bridgehead atoms. The van der Waals surface area contributed by atoms with Gasteiger partial charge in [0.1, 0.15) is 0 Å². The molecule has 1 rings (SSSR count). The first-order valence-corrected chi connectivity index (χ1v) is 15.0. The summed E-state index contributed by atoms with van der Waals surface area (Å²) in [5.41, 5.74) is 1.07. The molecule has 6 heteroatoms. The molecule has 0 radical (unpaired) electrons. The average molecular weight is 473 g/mol. The third-order valence-electron chi connectivity index (χ3n) is 5.68. The Bertz CT molecular complexity index is 564. The standard InChI is InChI=1S/C25H45O4PS/c1-2-3-4-5-6-7-8-9-10-11-12-13-14-18-21-31-23-25(22-29-30(26,27)28)24-19-16-15-17-20-24/h15-17,19-20,25H,2-14,18,21-23H2,1H3,(H2,26,27,28). The molecule has 0 heterocycles. The zero-order chi connectivity index (χ0) is 22.6. The van der Waals surface area contributed by atoms with Crippen LogP contribution in [0.2, 0.25) is 0 Å². The fourth-order valence-electron chi connectivity index (χ4n) is 3.78. The van der Waals surface area contributed by atoms with Crippen molar-refractivity contribution in [2.75, 3.05) is 18.1 Å². The van der Waals surface area contributed by atoms with Crippen LogP contribution < -0.4 is 0 Å². The normalized spacial score (nSPS) is 12.9. The predicted molar refractivity (Wildman–Crippen MR) is 135 cm³/mol. The Morgan fingerprint density at radius 2 is 1.29 bits per heavy atom. The summed E-state index contributed by atoms with van der Waals surface area (Å²) in [4.78, 5) is 18.0. The van der Waals surface area contributed by atoms with Gasteiger partial charge in [0.05, 0.1) is 6.61 Å². The van der Waals surface area contributed by atoms with Crippen LogP contribution in [-0.2, 0) is 9.09 Å². The fourth-order valence-corrected chi connectivity index (χ4v) is 5.30. The van der Waals surface area contributed by atoms with E-state index in [1.54, 1.807) is 0 Å². The minimum absolute atomic E-state index is 0.00506. The van der Waals surface area contributed by atoms with Gasteiger partial charge < -0.3 is 9.79 Å². The van der Waals surface area contributed by atoms with Crippen molar-refractivity contribution in [1.29, 1.82) is 0 Å². The molecule has 0 aliphatic heterocycles. The van der Waals surface area contributed by atoms with Crippen LogP contribution in [0.25, 0.3) is 0 Å². The van der Waals surface area contributed by atoms with Crippen LogP contribution in [-0.4, -0.2) is 27.9 Å². The molecule has 0 saturated heterocycles. The Labute approximate surface area is 195 Å². The van der Waals surface area contributed by atoms with Crippen molar-refractivity contribution in [3.63, 3.8) is 0 Å². The van der Waals surface area contributed by atoms with Crippen molar-refractivity contribution in [2.24, 2.45) is 0 Å². The molecule has 2 N–H and O–H groups in total. The lowest BCUT2D eigenvalue weighted by Gasteiger charge is -2.17. The summed E-state index contributed by atoms with van der Waals surface area (Å²) in [7, 11) is -4.43. The van der Waals surface area contributed by atoms with Crippen molar-refractivity contribution < 1.29 is 18.9 Å². The van der Waals surface area contributed by atoms with E-state index in [2.05, 4.69) is 6.92 Å². The molecular weight excluding hydrogens is 427 g/mol. The summed E-state index contributed by atoms with van der Waals surface area (Å²) >= 11 is 1.86. The number of hydrogen-bond donors (Lipinski definition) is 2. The maximum atomic E-state index is 11.1. The maximum absolute atomic E-state index is 11.1. The van der Waals surface area contributed by atoms with Crippen LogP contribution in [0.5, 0.6) is 0 Å². The molecule has 0 saturated carbocycles. The monoisotopic (exact) mass is 472 g/mol. The largest absolute Gasteiger partial charge is 0.469 e. The smallest absolute Gasteiger partial charge is 0.303 e. The first-order valence-electron chi connectivity index (χ1n) is 12.4. The van der Waals surface area contributed by atoms with Gasteiger partial charge in [-0.05, 0) is 17.7 Å². The second kappa shape index (κ2) is 19.2. The topological polar surface area (TPSA) is 66.8 Å². The number of rotatable bonds is 21. The van der Waals surface area contributed by atoms with Crippen molar-refractivity contribution >= 4 is 19.6 Å². The van der Waals surface area contributed by atoms with Crippen LogP contribution in [0.1, 0.15) is 108 Å². The highest BCUT2D eigenvalue weighted by Crippen LogP contribution is 2.38. The quantitative estimate of drug-likeness (QED) is 0.140. The van der Waals surface area contributed by atoms with Gasteiger partial charge in [0.2, 0.25) is 0 Å². The molecule has 1 aromatic carbocycles. The van der Waals surface area contributed by atoms with Crippen LogP contribution in [0, 0.1) is 0 Å². The molecule has 0 spiro atoms. The van der Waals surface area contributed by atoms with E-state index in [-0.39, 0.29) is 12.5 Å². The number of phosphoric ester groups is 1. The molecule has 1 unspecified atom stereocenters. The molecule has 31 heavy (non-hydrogen) atoms. The maximum Gasteiger partial charge on any atom is 0.469 e. The van der Waals surface area contributed by atoms with Gasteiger partial charge in [-0.1, -0.05) is 121 Å². The molecule has 1 atom stereocenters. The van der Waals surface area contributed by atoms with Crippen LogP contribution >= 0.6 is 19.6 Å². The zero-order valence-electron chi connectivity index (χ0n) is 19.6. The summed E-state index contributed by atoms with van der Waals surface area (Å²) in [6.07, 6.45) is 19.2. The summed E-state index contributed by atoms with van der Waals surface area (Å²) < 4.78 is 15.8. The number of benzene rings is 1. The SMILES string of the molecule is CCCCCCCCCCCCCCCCSCC(COP(=O)(O)O)c1ccccc1. The molecule has 0 amide bonds. The predicted octanol–water partition coefficient (Wildman–Crippen LogP) is 8.09. The molecule has 0 aliphatic carbocycles. The summed E-state index contributed by atoms with van der Waals surface area (Å²) in [6.45, 7) is 2.33. The van der Waals surface area contributed by atoms with E-state index in [4.69, 9.17) is 14.3 Å². The van der Waals surface area contributed by atoms with E-state index in [1.807, 2.05) is 42.1 Å². The lowest BCUT2D eigenvalue weighted by molar-refractivity contribution is 0.189. The van der Waals surface area contributed by atoms with E-state index in [0.717, 1.165) is 17.1 Å². The summed E-state index contributed by atoms with van der Waals surface area (Å²) in [5.74, 6) is 1.92. The highest BCUT2D eigenvalue weighted by atomic mass is 32.2. The highest BCUT2D eigenvalue weighted by Gasteiger charge is 2.19. The van der Waals surface area contributed by atoms with Gasteiger partial charge in [0.25, 0.3) is 0 Å². The third-order valence-corrected chi connectivity index (χ3v) is 7.38. The van der Waals surface area contributed by atoms with Gasteiger partial charge in [-0.2, -0.15) is 11.8 Å². The minimum Gasteiger partial charge on any atom is -0.303 e. The minimum atomic E-state index is -4.43. The Hall–Kier alpha value is -0.320. The van der Waals surface area contributed by atoms with Crippen molar-refractivity contribution in [3.05, 3.63) is 35.9 Å². The molecular formula is C25H45O4PS. The number of hydrogen-bond acceptors (Lipinski definition) is 3. The molecule has 4 nitrogen and oxygen atoms in total. The van der Waals surface area contributed by atoms with Gasteiger partial charge in [0, 0.05) is 11.7 Å². The first-order chi connectivity index (χ1) is 15.0. The molecule has 0 aromatic heterocycles. The van der Waals surface area contributed by atoms with Gasteiger partial charge in [-0.15, -0.1) is 0 Å². The summed E-state index contributed by atoms with van der Waals surface area (Å²) in [5, 5.41) is 0. The lowest BCUT2D eigenvalue weighted by Crippen LogP contribution is -2.10. The third kappa shape index (κ3) is 17.9. The van der Waals surface area contributed by atoms with Crippen molar-refractivity contribution in [1.82, 2.24) is 0 Å². The summed E-state index contributed by atoms with van der Waals surface area (Å²) in [6, 6.07) is 9.86. The van der Waals surface area contributed by atoms with Gasteiger partial charge in [-0.25, -0.2) is 4.57 Å². The zero-order valence-corrected chi connectivity index (χ0v) is 21.3. The number of unbranched alkanes of at least 4 members (excludes halogenated alkanes) is 13. The second-order valence-corrected chi connectivity index (χ2v) is 11.0. The second-order valence-electron chi connectivity index (χ2n) is 8.57. The van der Waals surface area contributed by atoms with E-state index in [0.29, 0.717) is 0 Å². The van der Waals surface area contributed by atoms with Crippen molar-refractivity contribution in [2.45, 2.75) is 103 Å². The van der Waals surface area contributed by atoms with Gasteiger partial charge >= 0.3 is 7.82 Å².